The number of rotatable bonds is 3. The first-order valence-electron chi connectivity index (χ1n) is 6.89. The first-order valence-corrected chi connectivity index (χ1v) is 6.89. The van der Waals surface area contributed by atoms with E-state index >= 15 is 0 Å². The standard InChI is InChI=1S/C17H12N4O2/c1-20-16-9-5-3-7-14(16)19-17(20)13(11-18)10-12-6-2-4-8-15(12)21(22)23/h2-10H,1H3. The molecule has 0 bridgehead atoms. The lowest BCUT2D eigenvalue weighted by molar-refractivity contribution is -0.385. The van der Waals surface area contributed by atoms with Crippen LogP contribution in [-0.4, -0.2) is 14.5 Å². The number of aromatic nitrogens is 2. The minimum atomic E-state index is -0.463. The Labute approximate surface area is 132 Å². The molecule has 112 valence electrons. The molecular formula is C17H12N4O2. The van der Waals surface area contributed by atoms with Crippen molar-refractivity contribution >= 4 is 28.4 Å². The Morgan fingerprint density at radius 1 is 1.26 bits per heavy atom. The van der Waals surface area contributed by atoms with Crippen LogP contribution >= 0.6 is 0 Å². The van der Waals surface area contributed by atoms with E-state index in [1.165, 1.54) is 12.1 Å². The number of hydrogen-bond donors (Lipinski definition) is 0. The summed E-state index contributed by atoms with van der Waals surface area (Å²) in [7, 11) is 1.81. The molecule has 6 heteroatoms. The molecule has 0 aliphatic heterocycles. The zero-order valence-electron chi connectivity index (χ0n) is 12.3. The number of nitrogens with zero attached hydrogens (tertiary/aromatic N) is 4. The van der Waals surface area contributed by atoms with Crippen molar-refractivity contribution in [3.05, 3.63) is 70.0 Å². The molecule has 0 aliphatic rings. The van der Waals surface area contributed by atoms with E-state index in [0.717, 1.165) is 11.0 Å². The number of hydrogen-bond acceptors (Lipinski definition) is 4. The number of fused-ring (bicyclic) bond motifs is 1. The van der Waals surface area contributed by atoms with Gasteiger partial charge in [0, 0.05) is 13.1 Å². The van der Waals surface area contributed by atoms with Crippen LogP contribution < -0.4 is 0 Å². The molecule has 6 nitrogen and oxygen atoms in total. The fraction of sp³-hybridized carbons (Fsp3) is 0.0588. The molecule has 0 N–H and O–H groups in total. The molecule has 1 aromatic heterocycles. The summed E-state index contributed by atoms with van der Waals surface area (Å²) < 4.78 is 1.80. The molecule has 0 atom stereocenters. The Kier molecular flexibility index (Phi) is 3.61. The van der Waals surface area contributed by atoms with Crippen molar-refractivity contribution in [1.29, 1.82) is 5.26 Å². The van der Waals surface area contributed by atoms with Gasteiger partial charge < -0.3 is 4.57 Å². The van der Waals surface area contributed by atoms with Crippen molar-refractivity contribution in [3.63, 3.8) is 0 Å². The van der Waals surface area contributed by atoms with E-state index in [4.69, 9.17) is 0 Å². The number of imidazole rings is 1. The number of nitro groups is 1. The van der Waals surface area contributed by atoms with Gasteiger partial charge in [0.15, 0.2) is 5.82 Å². The number of aryl methyl sites for hydroxylation is 1. The van der Waals surface area contributed by atoms with Gasteiger partial charge in [0.1, 0.15) is 6.07 Å². The Balaban J connectivity index is 2.18. The zero-order chi connectivity index (χ0) is 16.4. The van der Waals surface area contributed by atoms with Crippen LogP contribution in [0.3, 0.4) is 0 Å². The van der Waals surface area contributed by atoms with Crippen LogP contribution in [0.1, 0.15) is 11.4 Å². The molecule has 1 heterocycles. The van der Waals surface area contributed by atoms with Gasteiger partial charge in [-0.15, -0.1) is 0 Å². The van der Waals surface area contributed by atoms with E-state index in [1.807, 2.05) is 31.3 Å². The molecule has 0 fully saturated rings. The Hall–Kier alpha value is -3.46. The highest BCUT2D eigenvalue weighted by molar-refractivity contribution is 5.92. The number of nitriles is 1. The summed E-state index contributed by atoms with van der Waals surface area (Å²) in [5.74, 6) is 0.479. The quantitative estimate of drug-likeness (QED) is 0.421. The Bertz CT molecular complexity index is 980. The maximum absolute atomic E-state index is 11.1. The van der Waals surface area contributed by atoms with Gasteiger partial charge in [-0.25, -0.2) is 4.98 Å². The van der Waals surface area contributed by atoms with Crippen LogP contribution in [0.5, 0.6) is 0 Å². The molecular weight excluding hydrogens is 292 g/mol. The van der Waals surface area contributed by atoms with Crippen molar-refractivity contribution in [1.82, 2.24) is 9.55 Å². The third kappa shape index (κ3) is 2.56. The van der Waals surface area contributed by atoms with E-state index in [2.05, 4.69) is 11.1 Å². The monoisotopic (exact) mass is 304 g/mol. The summed E-state index contributed by atoms with van der Waals surface area (Å²) in [5.41, 5.74) is 2.28. The smallest absolute Gasteiger partial charge is 0.276 e. The predicted octanol–water partition coefficient (Wildman–Crippen LogP) is 3.55. The molecule has 0 amide bonds. The van der Waals surface area contributed by atoms with E-state index in [9.17, 15) is 15.4 Å². The van der Waals surface area contributed by atoms with Crippen LogP contribution in [-0.2, 0) is 7.05 Å². The second-order valence-corrected chi connectivity index (χ2v) is 4.97. The third-order valence-corrected chi connectivity index (χ3v) is 3.58. The highest BCUT2D eigenvalue weighted by atomic mass is 16.6. The normalized spacial score (nSPS) is 11.4. The molecule has 0 radical (unpaired) electrons. The molecule has 0 aliphatic carbocycles. The molecule has 0 unspecified atom stereocenters. The van der Waals surface area contributed by atoms with Gasteiger partial charge in [-0.3, -0.25) is 10.1 Å². The van der Waals surface area contributed by atoms with Gasteiger partial charge in [0.05, 0.1) is 27.1 Å². The van der Waals surface area contributed by atoms with Crippen LogP contribution in [0.4, 0.5) is 5.69 Å². The largest absolute Gasteiger partial charge is 0.327 e. The van der Waals surface area contributed by atoms with Crippen LogP contribution in [0.15, 0.2) is 48.5 Å². The van der Waals surface area contributed by atoms with Crippen molar-refractivity contribution in [2.24, 2.45) is 7.05 Å². The summed E-state index contributed by atoms with van der Waals surface area (Å²) in [4.78, 5) is 15.1. The fourth-order valence-corrected chi connectivity index (χ4v) is 2.46. The number of benzene rings is 2. The third-order valence-electron chi connectivity index (χ3n) is 3.58. The number of para-hydroxylation sites is 3. The molecule has 2 aromatic carbocycles. The molecule has 0 saturated carbocycles. The van der Waals surface area contributed by atoms with Gasteiger partial charge in [-0.2, -0.15) is 5.26 Å². The van der Waals surface area contributed by atoms with Gasteiger partial charge in [-0.1, -0.05) is 24.3 Å². The average molecular weight is 304 g/mol. The first kappa shape index (κ1) is 14.5. The van der Waals surface area contributed by atoms with E-state index in [1.54, 1.807) is 22.8 Å². The SMILES string of the molecule is Cn1c(C(C#N)=Cc2ccccc2[N+](=O)[O-])nc2ccccc21. The lowest BCUT2D eigenvalue weighted by Crippen LogP contribution is -1.97. The Morgan fingerprint density at radius 2 is 1.96 bits per heavy atom. The van der Waals surface area contributed by atoms with Crippen molar-refractivity contribution < 1.29 is 4.92 Å². The Morgan fingerprint density at radius 3 is 2.65 bits per heavy atom. The van der Waals surface area contributed by atoms with Crippen LogP contribution in [0.25, 0.3) is 22.7 Å². The lowest BCUT2D eigenvalue weighted by atomic mass is 10.1. The highest BCUT2D eigenvalue weighted by Crippen LogP contribution is 2.25. The van der Waals surface area contributed by atoms with E-state index in [-0.39, 0.29) is 11.3 Å². The topological polar surface area (TPSA) is 84.8 Å². The summed E-state index contributed by atoms with van der Waals surface area (Å²) in [5, 5.41) is 20.6. The summed E-state index contributed by atoms with van der Waals surface area (Å²) in [6.45, 7) is 0. The molecule has 23 heavy (non-hydrogen) atoms. The minimum Gasteiger partial charge on any atom is -0.327 e. The van der Waals surface area contributed by atoms with Gasteiger partial charge in [0.2, 0.25) is 0 Å². The molecule has 0 spiro atoms. The highest BCUT2D eigenvalue weighted by Gasteiger charge is 2.15. The second kappa shape index (κ2) is 5.73. The van der Waals surface area contributed by atoms with E-state index < -0.39 is 4.92 Å². The van der Waals surface area contributed by atoms with Crippen LogP contribution in [0.2, 0.25) is 0 Å². The van der Waals surface area contributed by atoms with Crippen molar-refractivity contribution in [2.75, 3.05) is 0 Å². The lowest BCUT2D eigenvalue weighted by Gasteiger charge is -2.02. The van der Waals surface area contributed by atoms with Gasteiger partial charge >= 0.3 is 0 Å². The molecule has 3 aromatic rings. The van der Waals surface area contributed by atoms with Gasteiger partial charge in [0.25, 0.3) is 5.69 Å². The fourth-order valence-electron chi connectivity index (χ4n) is 2.46. The van der Waals surface area contributed by atoms with Gasteiger partial charge in [-0.05, 0) is 24.3 Å². The number of nitro benzene ring substituents is 1. The average Bonchev–Trinajstić information content (AvgIpc) is 2.90. The van der Waals surface area contributed by atoms with Crippen molar-refractivity contribution in [3.8, 4) is 6.07 Å². The first-order chi connectivity index (χ1) is 11.1. The van der Waals surface area contributed by atoms with E-state index in [0.29, 0.717) is 11.4 Å². The van der Waals surface area contributed by atoms with Crippen molar-refractivity contribution in [2.45, 2.75) is 0 Å². The molecule has 3 rings (SSSR count). The summed E-state index contributed by atoms with van der Waals surface area (Å²) in [6.07, 6.45) is 1.50. The zero-order valence-corrected chi connectivity index (χ0v) is 12.3. The maximum Gasteiger partial charge on any atom is 0.276 e. The summed E-state index contributed by atoms with van der Waals surface area (Å²) in [6, 6.07) is 15.9. The van der Waals surface area contributed by atoms with Crippen LogP contribution in [0, 0.1) is 21.4 Å². The maximum atomic E-state index is 11.1. The predicted molar refractivity (Wildman–Crippen MR) is 87.3 cm³/mol. The number of allylic oxidation sites excluding steroid dienone is 1. The second-order valence-electron chi connectivity index (χ2n) is 4.97. The minimum absolute atomic E-state index is 0.0426. The summed E-state index contributed by atoms with van der Waals surface area (Å²) >= 11 is 0. The molecule has 0 saturated heterocycles.